The Morgan fingerprint density at radius 1 is 1.33 bits per heavy atom. The Hall–Kier alpha value is -1.84. The standard InChI is InChI=1S/C17H21FN2O/c1-20(11-12-6-3-2-4-7-12)17(21)13-10-19-15-9-5-8-14(18)16(13)15/h5,8-10,12,19H,2-4,6-7,11H2,1H3. The molecule has 0 aliphatic heterocycles. The zero-order valence-electron chi connectivity index (χ0n) is 12.4. The molecule has 3 nitrogen and oxygen atoms in total. The summed E-state index contributed by atoms with van der Waals surface area (Å²) in [6.07, 6.45) is 7.83. The minimum Gasteiger partial charge on any atom is -0.360 e. The van der Waals surface area contributed by atoms with E-state index in [9.17, 15) is 9.18 Å². The lowest BCUT2D eigenvalue weighted by Crippen LogP contribution is -2.32. The first-order chi connectivity index (χ1) is 10.2. The normalized spacial score (nSPS) is 16.3. The van der Waals surface area contributed by atoms with Gasteiger partial charge < -0.3 is 9.88 Å². The number of H-pyrrole nitrogens is 1. The van der Waals surface area contributed by atoms with Gasteiger partial charge in [0, 0.05) is 30.7 Å². The van der Waals surface area contributed by atoms with Gasteiger partial charge >= 0.3 is 0 Å². The Balaban J connectivity index is 1.79. The van der Waals surface area contributed by atoms with E-state index >= 15 is 0 Å². The summed E-state index contributed by atoms with van der Waals surface area (Å²) in [5.41, 5.74) is 1.10. The first-order valence-electron chi connectivity index (χ1n) is 7.68. The van der Waals surface area contributed by atoms with Gasteiger partial charge in [0.2, 0.25) is 0 Å². The van der Waals surface area contributed by atoms with Crippen molar-refractivity contribution < 1.29 is 9.18 Å². The lowest BCUT2D eigenvalue weighted by atomic mass is 9.89. The maximum atomic E-state index is 14.0. The molecule has 1 aromatic carbocycles. The Labute approximate surface area is 124 Å². The molecular weight excluding hydrogens is 267 g/mol. The van der Waals surface area contributed by atoms with Crippen molar-refractivity contribution in [3.63, 3.8) is 0 Å². The van der Waals surface area contributed by atoms with Gasteiger partial charge in [0.15, 0.2) is 0 Å². The van der Waals surface area contributed by atoms with Crippen LogP contribution in [0.4, 0.5) is 4.39 Å². The minimum absolute atomic E-state index is 0.100. The summed E-state index contributed by atoms with van der Waals surface area (Å²) in [7, 11) is 1.82. The fraction of sp³-hybridized carbons (Fsp3) is 0.471. The molecule has 0 saturated heterocycles. The van der Waals surface area contributed by atoms with Crippen LogP contribution in [0.2, 0.25) is 0 Å². The van der Waals surface area contributed by atoms with Crippen LogP contribution in [0.5, 0.6) is 0 Å². The molecule has 4 heteroatoms. The lowest BCUT2D eigenvalue weighted by Gasteiger charge is -2.27. The van der Waals surface area contributed by atoms with Gasteiger partial charge in [0.25, 0.3) is 5.91 Å². The molecule has 0 unspecified atom stereocenters. The van der Waals surface area contributed by atoms with Crippen LogP contribution in [0.1, 0.15) is 42.5 Å². The van der Waals surface area contributed by atoms with Crippen molar-refractivity contribution in [2.24, 2.45) is 5.92 Å². The summed E-state index contributed by atoms with van der Waals surface area (Å²) in [5.74, 6) is 0.142. The third-order valence-corrected chi connectivity index (χ3v) is 4.49. The van der Waals surface area contributed by atoms with E-state index in [1.54, 1.807) is 23.2 Å². The number of nitrogens with one attached hydrogen (secondary N) is 1. The summed E-state index contributed by atoms with van der Waals surface area (Å²) in [6.45, 7) is 0.764. The average molecular weight is 288 g/mol. The van der Waals surface area contributed by atoms with Gasteiger partial charge in [0.1, 0.15) is 5.82 Å². The third-order valence-electron chi connectivity index (χ3n) is 4.49. The fourth-order valence-electron chi connectivity index (χ4n) is 3.35. The number of nitrogens with zero attached hydrogens (tertiary/aromatic N) is 1. The van der Waals surface area contributed by atoms with E-state index in [0.29, 0.717) is 22.4 Å². The quantitative estimate of drug-likeness (QED) is 0.911. The van der Waals surface area contributed by atoms with Crippen molar-refractivity contribution in [3.05, 3.63) is 35.8 Å². The van der Waals surface area contributed by atoms with Crippen LogP contribution in [-0.4, -0.2) is 29.4 Å². The van der Waals surface area contributed by atoms with Crippen LogP contribution in [0.15, 0.2) is 24.4 Å². The van der Waals surface area contributed by atoms with Gasteiger partial charge in [-0.25, -0.2) is 4.39 Å². The molecule has 0 spiro atoms. The Kier molecular flexibility index (Phi) is 3.95. The van der Waals surface area contributed by atoms with Crippen LogP contribution in [0.3, 0.4) is 0 Å². The smallest absolute Gasteiger partial charge is 0.255 e. The Morgan fingerprint density at radius 2 is 2.10 bits per heavy atom. The Bertz CT molecular complexity index is 643. The third kappa shape index (κ3) is 2.80. The van der Waals surface area contributed by atoms with Gasteiger partial charge in [-0.15, -0.1) is 0 Å². The molecule has 1 aromatic heterocycles. The SMILES string of the molecule is CN(CC1CCCCC1)C(=O)c1c[nH]c2cccc(F)c12. The molecule has 1 aliphatic carbocycles. The highest BCUT2D eigenvalue weighted by molar-refractivity contribution is 6.06. The van der Waals surface area contributed by atoms with E-state index in [4.69, 9.17) is 0 Å². The molecule has 21 heavy (non-hydrogen) atoms. The number of aromatic nitrogens is 1. The van der Waals surface area contributed by atoms with Gasteiger partial charge in [0.05, 0.1) is 5.56 Å². The summed E-state index contributed by atoms with van der Waals surface area (Å²) < 4.78 is 14.0. The van der Waals surface area contributed by atoms with Crippen LogP contribution in [-0.2, 0) is 0 Å². The van der Waals surface area contributed by atoms with Crippen molar-refractivity contribution in [1.82, 2.24) is 9.88 Å². The molecule has 1 fully saturated rings. The van der Waals surface area contributed by atoms with E-state index in [2.05, 4.69) is 4.98 Å². The first kappa shape index (κ1) is 14.1. The lowest BCUT2D eigenvalue weighted by molar-refractivity contribution is 0.0762. The maximum Gasteiger partial charge on any atom is 0.255 e. The van der Waals surface area contributed by atoms with Gasteiger partial charge in [-0.05, 0) is 30.9 Å². The molecule has 0 atom stereocenters. The van der Waals surface area contributed by atoms with Crippen LogP contribution in [0.25, 0.3) is 10.9 Å². The molecule has 112 valence electrons. The minimum atomic E-state index is -0.344. The number of aromatic amines is 1. The molecule has 1 aliphatic rings. The predicted molar refractivity (Wildman–Crippen MR) is 81.8 cm³/mol. The highest BCUT2D eigenvalue weighted by Crippen LogP contribution is 2.26. The number of rotatable bonds is 3. The molecule has 1 N–H and O–H groups in total. The molecule has 1 amide bonds. The molecule has 0 radical (unpaired) electrons. The summed E-state index contributed by atoms with van der Waals surface area (Å²) >= 11 is 0. The van der Waals surface area contributed by atoms with Crippen molar-refractivity contribution in [3.8, 4) is 0 Å². The zero-order valence-corrected chi connectivity index (χ0v) is 12.4. The number of hydrogen-bond donors (Lipinski definition) is 1. The number of hydrogen-bond acceptors (Lipinski definition) is 1. The van der Waals surface area contributed by atoms with Crippen molar-refractivity contribution in [2.75, 3.05) is 13.6 Å². The topological polar surface area (TPSA) is 36.1 Å². The molecule has 2 aromatic rings. The monoisotopic (exact) mass is 288 g/mol. The number of amides is 1. The number of carbonyl (C=O) groups excluding carboxylic acids is 1. The van der Waals surface area contributed by atoms with Crippen LogP contribution < -0.4 is 0 Å². The van der Waals surface area contributed by atoms with Crippen molar-refractivity contribution in [2.45, 2.75) is 32.1 Å². The van der Waals surface area contributed by atoms with E-state index in [1.165, 1.54) is 38.2 Å². The summed E-state index contributed by atoms with van der Waals surface area (Å²) in [6, 6.07) is 4.83. The molecular formula is C17H21FN2O. The highest BCUT2D eigenvalue weighted by Gasteiger charge is 2.22. The van der Waals surface area contributed by atoms with Gasteiger partial charge in [-0.3, -0.25) is 4.79 Å². The number of fused-ring (bicyclic) bond motifs is 1. The van der Waals surface area contributed by atoms with E-state index < -0.39 is 0 Å². The molecule has 1 heterocycles. The number of carbonyl (C=O) groups is 1. The second kappa shape index (κ2) is 5.88. The molecule has 1 saturated carbocycles. The Morgan fingerprint density at radius 3 is 2.86 bits per heavy atom. The first-order valence-corrected chi connectivity index (χ1v) is 7.68. The van der Waals surface area contributed by atoms with Crippen LogP contribution >= 0.6 is 0 Å². The molecule has 3 rings (SSSR count). The summed E-state index contributed by atoms with van der Waals surface area (Å²) in [4.78, 5) is 17.3. The fourth-order valence-corrected chi connectivity index (χ4v) is 3.35. The number of halogens is 1. The second-order valence-electron chi connectivity index (χ2n) is 6.05. The van der Waals surface area contributed by atoms with E-state index in [-0.39, 0.29) is 11.7 Å². The largest absolute Gasteiger partial charge is 0.360 e. The van der Waals surface area contributed by atoms with Crippen molar-refractivity contribution >= 4 is 16.8 Å². The van der Waals surface area contributed by atoms with Gasteiger partial charge in [-0.2, -0.15) is 0 Å². The van der Waals surface area contributed by atoms with Gasteiger partial charge in [-0.1, -0.05) is 25.3 Å². The second-order valence-corrected chi connectivity index (χ2v) is 6.05. The van der Waals surface area contributed by atoms with Crippen LogP contribution in [0, 0.1) is 11.7 Å². The average Bonchev–Trinajstić information content (AvgIpc) is 2.93. The van der Waals surface area contributed by atoms with E-state index in [0.717, 1.165) is 6.54 Å². The van der Waals surface area contributed by atoms with E-state index in [1.807, 2.05) is 7.05 Å². The molecule has 0 bridgehead atoms. The highest BCUT2D eigenvalue weighted by atomic mass is 19.1. The predicted octanol–water partition coefficient (Wildman–Crippen LogP) is 3.96. The maximum absolute atomic E-state index is 14.0. The van der Waals surface area contributed by atoms with Crippen molar-refractivity contribution in [1.29, 1.82) is 0 Å². The number of benzene rings is 1. The zero-order chi connectivity index (χ0) is 14.8. The summed E-state index contributed by atoms with van der Waals surface area (Å²) in [5, 5.41) is 0.401.